The fraction of sp³-hybridized carbons (Fsp3) is 0.304. The number of hydrogen-bond donors (Lipinski definition) is 2. The van der Waals surface area contributed by atoms with Crippen LogP contribution in [0.15, 0.2) is 48.5 Å². The molecule has 0 spiro atoms. The SMILES string of the molecule is O=C(C[C@@H]1Oc2ccccc2NC1=O)Nc1nnc(CCN2CCc3ccccc3C2)s1. The molecule has 0 unspecified atom stereocenters. The van der Waals surface area contributed by atoms with Crippen LogP contribution in [0.1, 0.15) is 22.6 Å². The Morgan fingerprint density at radius 3 is 2.88 bits per heavy atom. The number of carbonyl (C=O) groups excluding carboxylic acids is 2. The highest BCUT2D eigenvalue weighted by molar-refractivity contribution is 7.15. The van der Waals surface area contributed by atoms with E-state index in [4.69, 9.17) is 4.74 Å². The average Bonchev–Trinajstić information content (AvgIpc) is 3.25. The molecular formula is C23H23N5O3S. The lowest BCUT2D eigenvalue weighted by molar-refractivity contribution is -0.128. The fourth-order valence-electron chi connectivity index (χ4n) is 3.97. The number of anilines is 2. The Labute approximate surface area is 189 Å². The lowest BCUT2D eigenvalue weighted by atomic mass is 10.00. The molecule has 32 heavy (non-hydrogen) atoms. The van der Waals surface area contributed by atoms with Crippen LogP contribution in [0.4, 0.5) is 10.8 Å². The van der Waals surface area contributed by atoms with E-state index in [9.17, 15) is 9.59 Å². The van der Waals surface area contributed by atoms with Gasteiger partial charge in [-0.25, -0.2) is 0 Å². The second kappa shape index (κ2) is 9.05. The van der Waals surface area contributed by atoms with Gasteiger partial charge in [-0.15, -0.1) is 10.2 Å². The molecule has 2 aliphatic rings. The minimum atomic E-state index is -0.876. The molecule has 2 aromatic carbocycles. The van der Waals surface area contributed by atoms with Gasteiger partial charge in [-0.05, 0) is 29.7 Å². The molecule has 0 bridgehead atoms. The van der Waals surface area contributed by atoms with Gasteiger partial charge in [-0.1, -0.05) is 47.7 Å². The fourth-order valence-corrected chi connectivity index (χ4v) is 4.71. The highest BCUT2D eigenvalue weighted by Crippen LogP contribution is 2.29. The van der Waals surface area contributed by atoms with Crippen molar-refractivity contribution < 1.29 is 14.3 Å². The maximum atomic E-state index is 12.4. The van der Waals surface area contributed by atoms with Crippen LogP contribution >= 0.6 is 11.3 Å². The maximum absolute atomic E-state index is 12.4. The first kappa shape index (κ1) is 20.6. The van der Waals surface area contributed by atoms with Gasteiger partial charge < -0.3 is 15.4 Å². The number of carbonyl (C=O) groups is 2. The summed E-state index contributed by atoms with van der Waals surface area (Å²) in [5, 5.41) is 15.1. The lowest BCUT2D eigenvalue weighted by Gasteiger charge is -2.28. The van der Waals surface area contributed by atoms with Crippen LogP contribution in [0.25, 0.3) is 0 Å². The van der Waals surface area contributed by atoms with Crippen LogP contribution < -0.4 is 15.4 Å². The second-order valence-corrected chi connectivity index (χ2v) is 8.95. The van der Waals surface area contributed by atoms with Gasteiger partial charge in [0.15, 0.2) is 6.10 Å². The van der Waals surface area contributed by atoms with Crippen molar-refractivity contribution in [3.8, 4) is 5.75 Å². The van der Waals surface area contributed by atoms with Gasteiger partial charge in [0.2, 0.25) is 11.0 Å². The van der Waals surface area contributed by atoms with Crippen molar-refractivity contribution >= 4 is 34.0 Å². The van der Waals surface area contributed by atoms with Crippen LogP contribution in [0.3, 0.4) is 0 Å². The molecule has 1 aromatic heterocycles. The van der Waals surface area contributed by atoms with E-state index < -0.39 is 6.10 Å². The first-order chi connectivity index (χ1) is 15.6. The number of fused-ring (bicyclic) bond motifs is 2. The number of benzene rings is 2. The van der Waals surface area contributed by atoms with Gasteiger partial charge in [-0.2, -0.15) is 0 Å². The van der Waals surface area contributed by atoms with Crippen LogP contribution in [-0.2, 0) is 29.0 Å². The monoisotopic (exact) mass is 449 g/mol. The van der Waals surface area contributed by atoms with E-state index in [1.165, 1.54) is 22.5 Å². The van der Waals surface area contributed by atoms with Gasteiger partial charge in [0.05, 0.1) is 12.1 Å². The Morgan fingerprint density at radius 1 is 1.16 bits per heavy atom. The Hall–Kier alpha value is -3.30. The number of rotatable bonds is 6. The largest absolute Gasteiger partial charge is 0.478 e. The molecule has 2 aliphatic heterocycles. The third-order valence-electron chi connectivity index (χ3n) is 5.64. The second-order valence-electron chi connectivity index (χ2n) is 7.89. The first-order valence-corrected chi connectivity index (χ1v) is 11.4. The summed E-state index contributed by atoms with van der Waals surface area (Å²) < 4.78 is 5.68. The molecule has 0 radical (unpaired) electrons. The van der Waals surface area contributed by atoms with Gasteiger partial charge in [0.25, 0.3) is 5.91 Å². The van der Waals surface area contributed by atoms with Gasteiger partial charge in [-0.3, -0.25) is 14.5 Å². The van der Waals surface area contributed by atoms with Crippen molar-refractivity contribution in [1.82, 2.24) is 15.1 Å². The Balaban J connectivity index is 1.11. The summed E-state index contributed by atoms with van der Waals surface area (Å²) in [6.07, 6.45) is 0.872. The van der Waals surface area contributed by atoms with Crippen molar-refractivity contribution in [3.63, 3.8) is 0 Å². The van der Waals surface area contributed by atoms with Crippen LogP contribution in [-0.4, -0.2) is 46.1 Å². The predicted molar refractivity (Wildman–Crippen MR) is 122 cm³/mol. The smallest absolute Gasteiger partial charge is 0.266 e. The highest BCUT2D eigenvalue weighted by atomic mass is 32.1. The molecule has 164 valence electrons. The molecule has 5 rings (SSSR count). The average molecular weight is 450 g/mol. The van der Waals surface area contributed by atoms with Crippen LogP contribution in [0, 0.1) is 0 Å². The topological polar surface area (TPSA) is 96.4 Å². The summed E-state index contributed by atoms with van der Waals surface area (Å²) in [5.41, 5.74) is 3.43. The quantitative estimate of drug-likeness (QED) is 0.601. The van der Waals surface area contributed by atoms with Crippen molar-refractivity contribution in [1.29, 1.82) is 0 Å². The molecule has 3 aromatic rings. The van der Waals surface area contributed by atoms with Gasteiger partial charge in [0.1, 0.15) is 10.8 Å². The van der Waals surface area contributed by atoms with Crippen molar-refractivity contribution in [2.24, 2.45) is 0 Å². The molecule has 3 heterocycles. The summed E-state index contributed by atoms with van der Waals surface area (Å²) in [4.78, 5) is 27.1. The molecule has 9 heteroatoms. The number of nitrogens with zero attached hydrogens (tertiary/aromatic N) is 3. The van der Waals surface area contributed by atoms with Crippen molar-refractivity contribution in [2.75, 3.05) is 23.7 Å². The molecule has 0 aliphatic carbocycles. The third-order valence-corrected chi connectivity index (χ3v) is 6.54. The number of para-hydroxylation sites is 2. The molecule has 2 amide bonds. The third kappa shape index (κ3) is 4.63. The van der Waals surface area contributed by atoms with E-state index >= 15 is 0 Å². The zero-order chi connectivity index (χ0) is 21.9. The molecule has 0 saturated carbocycles. The molecule has 8 nitrogen and oxygen atoms in total. The van der Waals surface area contributed by atoms with E-state index in [0.717, 1.165) is 37.5 Å². The van der Waals surface area contributed by atoms with E-state index in [1.807, 2.05) is 12.1 Å². The molecule has 1 atom stereocenters. The number of ether oxygens (including phenoxy) is 1. The van der Waals surface area contributed by atoms with E-state index in [0.29, 0.717) is 16.6 Å². The number of amides is 2. The van der Waals surface area contributed by atoms with E-state index in [1.54, 1.807) is 12.1 Å². The summed E-state index contributed by atoms with van der Waals surface area (Å²) >= 11 is 1.36. The van der Waals surface area contributed by atoms with E-state index in [-0.39, 0.29) is 18.2 Å². The van der Waals surface area contributed by atoms with Crippen LogP contribution in [0.5, 0.6) is 5.75 Å². The molecular weight excluding hydrogens is 426 g/mol. The Bertz CT molecular complexity index is 1150. The normalized spacial score (nSPS) is 17.6. The van der Waals surface area contributed by atoms with Crippen molar-refractivity contribution in [3.05, 3.63) is 64.7 Å². The zero-order valence-corrected chi connectivity index (χ0v) is 18.2. The standard InChI is InChI=1S/C23H23N5O3S/c29-20(13-19-22(30)24-17-7-3-4-8-18(17)31-19)25-23-27-26-21(32-23)10-12-28-11-9-15-5-1-2-6-16(15)14-28/h1-8,19H,9-14H2,(H,24,30)(H,25,27,29)/t19-/m0/s1. The molecule has 0 saturated heterocycles. The molecule has 2 N–H and O–H groups in total. The van der Waals surface area contributed by atoms with Gasteiger partial charge in [0, 0.05) is 26.1 Å². The van der Waals surface area contributed by atoms with Gasteiger partial charge >= 0.3 is 0 Å². The summed E-state index contributed by atoms with van der Waals surface area (Å²) in [6, 6.07) is 15.7. The predicted octanol–water partition coefficient (Wildman–Crippen LogP) is 2.87. The van der Waals surface area contributed by atoms with Crippen molar-refractivity contribution in [2.45, 2.75) is 31.9 Å². The maximum Gasteiger partial charge on any atom is 0.266 e. The number of aromatic nitrogens is 2. The number of hydrogen-bond acceptors (Lipinski definition) is 7. The minimum Gasteiger partial charge on any atom is -0.478 e. The first-order valence-electron chi connectivity index (χ1n) is 10.6. The lowest BCUT2D eigenvalue weighted by Crippen LogP contribution is -2.39. The van der Waals surface area contributed by atoms with E-state index in [2.05, 4.69) is 50.0 Å². The summed E-state index contributed by atoms with van der Waals surface area (Å²) in [6.45, 7) is 2.88. The minimum absolute atomic E-state index is 0.0950. The zero-order valence-electron chi connectivity index (χ0n) is 17.4. The van der Waals surface area contributed by atoms with Crippen LogP contribution in [0.2, 0.25) is 0 Å². The Morgan fingerprint density at radius 2 is 1.97 bits per heavy atom. The summed E-state index contributed by atoms with van der Waals surface area (Å²) in [7, 11) is 0. The highest BCUT2D eigenvalue weighted by Gasteiger charge is 2.29. The molecule has 0 fully saturated rings. The summed E-state index contributed by atoms with van der Waals surface area (Å²) in [5.74, 6) is -0.108. The Kier molecular flexibility index (Phi) is 5.83. The number of nitrogens with one attached hydrogen (secondary N) is 2.